The van der Waals surface area contributed by atoms with Gasteiger partial charge in [-0.1, -0.05) is 0 Å². The molecule has 0 aromatic heterocycles. The molecule has 0 aliphatic carbocycles. The molecule has 0 amide bonds. The van der Waals surface area contributed by atoms with Gasteiger partial charge in [-0.3, -0.25) is 10.1 Å². The maximum absolute atomic E-state index is 10.4. The summed E-state index contributed by atoms with van der Waals surface area (Å²) in [7, 11) is 1.27. The van der Waals surface area contributed by atoms with Crippen LogP contribution < -0.4 is 0 Å². The van der Waals surface area contributed by atoms with Crippen LogP contribution >= 0.6 is 0 Å². The largest absolute Gasteiger partial charge is 0.508 e. The fourth-order valence-electron chi connectivity index (χ4n) is 1.10. The number of hydrogen-bond acceptors (Lipinski definition) is 5. The van der Waals surface area contributed by atoms with Gasteiger partial charge in [-0.05, 0) is 12.1 Å². The Labute approximate surface area is 90.4 Å². The third kappa shape index (κ3) is 2.92. The molecular formula is C9H9NO6. The Morgan fingerprint density at radius 2 is 2.00 bits per heavy atom. The van der Waals surface area contributed by atoms with E-state index < -0.39 is 17.4 Å². The van der Waals surface area contributed by atoms with Gasteiger partial charge in [-0.25, -0.2) is 4.79 Å². The van der Waals surface area contributed by atoms with Crippen LogP contribution in [0.2, 0.25) is 0 Å². The monoisotopic (exact) mass is 227 g/mol. The molecule has 0 bridgehead atoms. The molecule has 1 atom stereocenters. The second-order valence-electron chi connectivity index (χ2n) is 2.80. The number of nitrogens with zero attached hydrogens (tertiary/aromatic N) is 1. The van der Waals surface area contributed by atoms with Crippen molar-refractivity contribution >= 4 is 11.8 Å². The van der Waals surface area contributed by atoms with E-state index in [0.29, 0.717) is 5.56 Å². The minimum absolute atomic E-state index is 0.0890. The predicted molar refractivity (Wildman–Crippen MR) is 52.0 cm³/mol. The predicted octanol–water partition coefficient (Wildman–Crippen LogP) is 1.93. The minimum atomic E-state index is -1.48. The van der Waals surface area contributed by atoms with Crippen LogP contribution in [-0.4, -0.2) is 23.3 Å². The number of benzene rings is 1. The number of carboxylic acid groups (broad SMARTS) is 1. The number of nitro groups is 1. The van der Waals surface area contributed by atoms with Gasteiger partial charge in [0.1, 0.15) is 0 Å². The average molecular weight is 227 g/mol. The lowest BCUT2D eigenvalue weighted by molar-refractivity contribution is -0.384. The molecule has 0 heterocycles. The number of carbonyl (C=O) groups is 1. The van der Waals surface area contributed by atoms with Gasteiger partial charge in [0.15, 0.2) is 0 Å². The number of ether oxygens (including phenoxy) is 2. The lowest BCUT2D eigenvalue weighted by Crippen LogP contribution is -2.10. The smallest absolute Gasteiger partial charge is 0.450 e. The summed E-state index contributed by atoms with van der Waals surface area (Å²) in [5.74, 6) is 0. The van der Waals surface area contributed by atoms with Crippen LogP contribution in [0.3, 0.4) is 0 Å². The Morgan fingerprint density at radius 3 is 2.38 bits per heavy atom. The first kappa shape index (κ1) is 11.9. The molecule has 0 aliphatic rings. The highest BCUT2D eigenvalue weighted by molar-refractivity contribution is 5.57. The molecule has 1 rings (SSSR count). The molecule has 86 valence electrons. The van der Waals surface area contributed by atoms with Crippen molar-refractivity contribution in [1.29, 1.82) is 0 Å². The quantitative estimate of drug-likeness (QED) is 0.365. The SMILES string of the molecule is COC(OC(=O)O)c1ccc([N+](=O)[O-])cc1. The fraction of sp³-hybridized carbons (Fsp3) is 0.222. The van der Waals surface area contributed by atoms with Crippen molar-refractivity contribution in [3.63, 3.8) is 0 Å². The highest BCUT2D eigenvalue weighted by Gasteiger charge is 2.16. The zero-order chi connectivity index (χ0) is 12.1. The van der Waals surface area contributed by atoms with Crippen molar-refractivity contribution in [2.45, 2.75) is 6.29 Å². The third-order valence-electron chi connectivity index (χ3n) is 1.80. The molecule has 16 heavy (non-hydrogen) atoms. The van der Waals surface area contributed by atoms with E-state index in [0.717, 1.165) is 0 Å². The summed E-state index contributed by atoms with van der Waals surface area (Å²) < 4.78 is 9.19. The molecule has 0 fully saturated rings. The molecule has 0 radical (unpaired) electrons. The van der Waals surface area contributed by atoms with Gasteiger partial charge in [-0.15, -0.1) is 0 Å². The molecule has 7 nitrogen and oxygen atoms in total. The van der Waals surface area contributed by atoms with Crippen LogP contribution in [0, 0.1) is 10.1 Å². The molecule has 0 spiro atoms. The second-order valence-corrected chi connectivity index (χ2v) is 2.80. The van der Waals surface area contributed by atoms with Crippen LogP contribution in [-0.2, 0) is 9.47 Å². The zero-order valence-electron chi connectivity index (χ0n) is 8.32. The molecule has 1 unspecified atom stereocenters. The Balaban J connectivity index is 2.86. The van der Waals surface area contributed by atoms with Gasteiger partial charge in [0.2, 0.25) is 6.29 Å². The van der Waals surface area contributed by atoms with E-state index in [4.69, 9.17) is 9.84 Å². The summed E-state index contributed by atoms with van der Waals surface area (Å²) in [6.45, 7) is 0. The summed E-state index contributed by atoms with van der Waals surface area (Å²) >= 11 is 0. The van der Waals surface area contributed by atoms with Gasteiger partial charge in [0.25, 0.3) is 5.69 Å². The Kier molecular flexibility index (Phi) is 3.78. The standard InChI is InChI=1S/C9H9NO6/c1-15-8(16-9(11)12)6-2-4-7(5-3-6)10(13)14/h2-5,8H,1H3,(H,11,12). The van der Waals surface area contributed by atoms with Crippen molar-refractivity contribution in [3.8, 4) is 0 Å². The number of methoxy groups -OCH3 is 1. The summed E-state index contributed by atoms with van der Waals surface area (Å²) in [6, 6.07) is 5.23. The minimum Gasteiger partial charge on any atom is -0.450 e. The van der Waals surface area contributed by atoms with Crippen LogP contribution in [0.15, 0.2) is 24.3 Å². The van der Waals surface area contributed by atoms with Gasteiger partial charge in [0.05, 0.1) is 4.92 Å². The molecule has 0 saturated heterocycles. The van der Waals surface area contributed by atoms with E-state index in [-0.39, 0.29) is 5.69 Å². The highest BCUT2D eigenvalue weighted by atomic mass is 16.7. The summed E-state index contributed by atoms with van der Waals surface area (Å²) in [5, 5.41) is 18.8. The van der Waals surface area contributed by atoms with E-state index in [1.165, 1.54) is 31.4 Å². The highest BCUT2D eigenvalue weighted by Crippen LogP contribution is 2.21. The van der Waals surface area contributed by atoms with Crippen LogP contribution in [0.25, 0.3) is 0 Å². The maximum Gasteiger partial charge on any atom is 0.508 e. The molecule has 7 heteroatoms. The molecule has 0 saturated carbocycles. The van der Waals surface area contributed by atoms with Gasteiger partial charge >= 0.3 is 6.16 Å². The van der Waals surface area contributed by atoms with E-state index in [1.54, 1.807) is 0 Å². The van der Waals surface area contributed by atoms with Crippen molar-refractivity contribution in [3.05, 3.63) is 39.9 Å². The number of non-ortho nitro benzene ring substituents is 1. The van der Waals surface area contributed by atoms with Gasteiger partial charge < -0.3 is 14.6 Å². The molecule has 1 aromatic rings. The Morgan fingerprint density at radius 1 is 1.44 bits per heavy atom. The average Bonchev–Trinajstić information content (AvgIpc) is 2.25. The number of nitro benzene ring substituents is 1. The van der Waals surface area contributed by atoms with Crippen LogP contribution in [0.5, 0.6) is 0 Å². The van der Waals surface area contributed by atoms with E-state index in [9.17, 15) is 14.9 Å². The zero-order valence-corrected chi connectivity index (χ0v) is 8.32. The third-order valence-corrected chi connectivity index (χ3v) is 1.80. The first-order chi connectivity index (χ1) is 7.54. The van der Waals surface area contributed by atoms with E-state index >= 15 is 0 Å². The second kappa shape index (κ2) is 5.08. The van der Waals surface area contributed by atoms with Gasteiger partial charge in [0, 0.05) is 24.8 Å². The lowest BCUT2D eigenvalue weighted by Gasteiger charge is -2.13. The van der Waals surface area contributed by atoms with Crippen LogP contribution in [0.1, 0.15) is 11.9 Å². The summed E-state index contributed by atoms with van der Waals surface area (Å²) in [6.07, 6.45) is -2.57. The Bertz CT molecular complexity index is 387. The first-order valence-electron chi connectivity index (χ1n) is 4.21. The number of rotatable bonds is 4. The summed E-state index contributed by atoms with van der Waals surface area (Å²) in [5.41, 5.74) is 0.296. The van der Waals surface area contributed by atoms with Crippen molar-refractivity contribution < 1.29 is 24.3 Å². The topological polar surface area (TPSA) is 98.9 Å². The van der Waals surface area contributed by atoms with Gasteiger partial charge in [-0.2, -0.15) is 0 Å². The van der Waals surface area contributed by atoms with Crippen molar-refractivity contribution in [2.75, 3.05) is 7.11 Å². The van der Waals surface area contributed by atoms with Crippen LogP contribution in [0.4, 0.5) is 10.5 Å². The normalized spacial score (nSPS) is 11.8. The van der Waals surface area contributed by atoms with E-state index in [1.807, 2.05) is 0 Å². The molecule has 1 aromatic carbocycles. The maximum atomic E-state index is 10.4. The Hall–Kier alpha value is -2.15. The first-order valence-corrected chi connectivity index (χ1v) is 4.21. The van der Waals surface area contributed by atoms with Crippen molar-refractivity contribution in [2.24, 2.45) is 0 Å². The lowest BCUT2D eigenvalue weighted by atomic mass is 10.2. The summed E-state index contributed by atoms with van der Waals surface area (Å²) in [4.78, 5) is 20.1. The fourth-order valence-corrected chi connectivity index (χ4v) is 1.10. The molecule has 1 N–H and O–H groups in total. The molecule has 0 aliphatic heterocycles. The number of hydrogen-bond donors (Lipinski definition) is 1. The van der Waals surface area contributed by atoms with Crippen molar-refractivity contribution in [1.82, 2.24) is 0 Å². The van der Waals surface area contributed by atoms with E-state index in [2.05, 4.69) is 4.74 Å². The molecular weight excluding hydrogens is 218 g/mol.